The zero-order valence-corrected chi connectivity index (χ0v) is 10.7. The third-order valence-electron chi connectivity index (χ3n) is 3.06. The highest BCUT2D eigenvalue weighted by Gasteiger charge is 2.23. The van der Waals surface area contributed by atoms with E-state index in [1.165, 1.54) is 0 Å². The van der Waals surface area contributed by atoms with Crippen molar-refractivity contribution in [3.8, 4) is 0 Å². The van der Waals surface area contributed by atoms with Crippen LogP contribution in [0.2, 0.25) is 0 Å². The Bertz CT molecular complexity index is 244. The summed E-state index contributed by atoms with van der Waals surface area (Å²) in [7, 11) is 0. The number of ether oxygens (including phenoxy) is 1. The molecule has 0 bridgehead atoms. The molecular formula is C11H20N2O2S. The Labute approximate surface area is 101 Å². The number of rotatable bonds is 2. The lowest BCUT2D eigenvalue weighted by molar-refractivity contribution is -0.139. The van der Waals surface area contributed by atoms with Gasteiger partial charge in [-0.05, 0) is 6.92 Å². The van der Waals surface area contributed by atoms with Crippen LogP contribution in [0.1, 0.15) is 6.92 Å². The lowest BCUT2D eigenvalue weighted by Crippen LogP contribution is -2.49. The van der Waals surface area contributed by atoms with Gasteiger partial charge in [0.2, 0.25) is 5.91 Å². The molecule has 92 valence electrons. The smallest absolute Gasteiger partial charge is 0.236 e. The first-order chi connectivity index (χ1) is 7.75. The summed E-state index contributed by atoms with van der Waals surface area (Å²) in [6.45, 7) is 6.91. The molecule has 2 saturated heterocycles. The van der Waals surface area contributed by atoms with Gasteiger partial charge in [0, 0.05) is 37.7 Å². The number of thioether (sulfide) groups is 1. The SMILES string of the molecule is C[C@H]1CN(C(=O)CN2CCSCC2)CCO1. The van der Waals surface area contributed by atoms with Crippen molar-refractivity contribution in [2.75, 3.05) is 50.8 Å². The summed E-state index contributed by atoms with van der Waals surface area (Å²) in [5.74, 6) is 2.58. The number of amides is 1. The topological polar surface area (TPSA) is 32.8 Å². The number of carbonyl (C=O) groups is 1. The molecule has 0 saturated carbocycles. The van der Waals surface area contributed by atoms with Crippen LogP contribution >= 0.6 is 11.8 Å². The Morgan fingerprint density at radius 3 is 2.81 bits per heavy atom. The summed E-state index contributed by atoms with van der Waals surface area (Å²) >= 11 is 1.98. The van der Waals surface area contributed by atoms with Crippen LogP contribution in [0.15, 0.2) is 0 Å². The monoisotopic (exact) mass is 244 g/mol. The van der Waals surface area contributed by atoms with Crippen molar-refractivity contribution < 1.29 is 9.53 Å². The van der Waals surface area contributed by atoms with Gasteiger partial charge in [0.1, 0.15) is 0 Å². The predicted octanol–water partition coefficient (Wildman–Crippen LogP) is 0.282. The Balaban J connectivity index is 1.77. The molecule has 2 fully saturated rings. The number of hydrogen-bond acceptors (Lipinski definition) is 4. The maximum atomic E-state index is 12.0. The van der Waals surface area contributed by atoms with Crippen molar-refractivity contribution in [1.82, 2.24) is 9.80 Å². The quantitative estimate of drug-likeness (QED) is 0.699. The summed E-state index contributed by atoms with van der Waals surface area (Å²) in [5.41, 5.74) is 0. The minimum Gasteiger partial charge on any atom is -0.375 e. The van der Waals surface area contributed by atoms with E-state index in [9.17, 15) is 4.79 Å². The third-order valence-corrected chi connectivity index (χ3v) is 4.00. The Morgan fingerprint density at radius 1 is 1.38 bits per heavy atom. The normalized spacial score (nSPS) is 28.1. The average molecular weight is 244 g/mol. The second-order valence-electron chi connectivity index (χ2n) is 4.41. The summed E-state index contributed by atoms with van der Waals surface area (Å²) < 4.78 is 5.44. The first-order valence-corrected chi connectivity index (χ1v) is 7.10. The van der Waals surface area contributed by atoms with Gasteiger partial charge in [-0.1, -0.05) is 0 Å². The van der Waals surface area contributed by atoms with Crippen LogP contribution in [0, 0.1) is 0 Å². The highest BCUT2D eigenvalue weighted by atomic mass is 32.2. The highest BCUT2D eigenvalue weighted by molar-refractivity contribution is 7.99. The summed E-state index contributed by atoms with van der Waals surface area (Å²) in [6.07, 6.45) is 0.189. The van der Waals surface area contributed by atoms with Crippen LogP contribution < -0.4 is 0 Å². The zero-order chi connectivity index (χ0) is 11.4. The Morgan fingerprint density at radius 2 is 2.12 bits per heavy atom. The van der Waals surface area contributed by atoms with Crippen molar-refractivity contribution in [3.63, 3.8) is 0 Å². The molecular weight excluding hydrogens is 224 g/mol. The molecule has 1 amide bonds. The first-order valence-electron chi connectivity index (χ1n) is 5.95. The van der Waals surface area contributed by atoms with E-state index in [1.807, 2.05) is 23.6 Å². The van der Waals surface area contributed by atoms with Crippen LogP contribution in [0.5, 0.6) is 0 Å². The van der Waals surface area contributed by atoms with Crippen LogP contribution in [0.25, 0.3) is 0 Å². The molecule has 2 aliphatic heterocycles. The molecule has 0 aromatic carbocycles. The fraction of sp³-hybridized carbons (Fsp3) is 0.909. The molecule has 5 heteroatoms. The van der Waals surface area contributed by atoms with Crippen molar-refractivity contribution in [2.24, 2.45) is 0 Å². The van der Waals surface area contributed by atoms with Crippen LogP contribution in [-0.4, -0.2) is 72.6 Å². The van der Waals surface area contributed by atoms with Gasteiger partial charge in [-0.2, -0.15) is 11.8 Å². The van der Waals surface area contributed by atoms with Gasteiger partial charge < -0.3 is 9.64 Å². The number of carbonyl (C=O) groups excluding carboxylic acids is 1. The molecule has 0 aromatic heterocycles. The molecule has 0 aliphatic carbocycles. The maximum Gasteiger partial charge on any atom is 0.236 e. The second-order valence-corrected chi connectivity index (χ2v) is 5.63. The van der Waals surface area contributed by atoms with E-state index >= 15 is 0 Å². The minimum absolute atomic E-state index is 0.189. The molecule has 2 heterocycles. The minimum atomic E-state index is 0.189. The number of nitrogens with zero attached hydrogens (tertiary/aromatic N) is 2. The summed E-state index contributed by atoms with van der Waals surface area (Å²) in [6, 6.07) is 0. The Hall–Kier alpha value is -0.260. The summed E-state index contributed by atoms with van der Waals surface area (Å²) in [5, 5.41) is 0. The van der Waals surface area contributed by atoms with Gasteiger partial charge in [0.25, 0.3) is 0 Å². The van der Waals surface area contributed by atoms with Gasteiger partial charge in [0.05, 0.1) is 19.3 Å². The molecule has 4 nitrogen and oxygen atoms in total. The van der Waals surface area contributed by atoms with E-state index in [0.29, 0.717) is 13.2 Å². The molecule has 0 N–H and O–H groups in total. The third kappa shape index (κ3) is 3.37. The maximum absolute atomic E-state index is 12.0. The number of hydrogen-bond donors (Lipinski definition) is 0. The molecule has 2 rings (SSSR count). The summed E-state index contributed by atoms with van der Waals surface area (Å²) in [4.78, 5) is 16.2. The van der Waals surface area contributed by atoms with E-state index in [0.717, 1.165) is 37.7 Å². The Kier molecular flexibility index (Phi) is 4.49. The fourth-order valence-electron chi connectivity index (χ4n) is 2.10. The molecule has 0 unspecified atom stereocenters. The van der Waals surface area contributed by atoms with Gasteiger partial charge in [0.15, 0.2) is 0 Å². The van der Waals surface area contributed by atoms with Crippen LogP contribution in [0.3, 0.4) is 0 Å². The van der Waals surface area contributed by atoms with Gasteiger partial charge in [-0.15, -0.1) is 0 Å². The number of morpholine rings is 1. The van der Waals surface area contributed by atoms with E-state index in [4.69, 9.17) is 4.74 Å². The van der Waals surface area contributed by atoms with Crippen molar-refractivity contribution in [1.29, 1.82) is 0 Å². The van der Waals surface area contributed by atoms with Crippen LogP contribution in [-0.2, 0) is 9.53 Å². The first kappa shape index (κ1) is 12.2. The van der Waals surface area contributed by atoms with Crippen molar-refractivity contribution in [2.45, 2.75) is 13.0 Å². The largest absolute Gasteiger partial charge is 0.375 e. The van der Waals surface area contributed by atoms with E-state index in [1.54, 1.807) is 0 Å². The molecule has 16 heavy (non-hydrogen) atoms. The highest BCUT2D eigenvalue weighted by Crippen LogP contribution is 2.10. The molecule has 0 spiro atoms. The zero-order valence-electron chi connectivity index (χ0n) is 9.85. The standard InChI is InChI=1S/C11H20N2O2S/c1-10-8-13(2-5-15-10)11(14)9-12-3-6-16-7-4-12/h10H,2-9H2,1H3/t10-/m0/s1. The fourth-order valence-corrected chi connectivity index (χ4v) is 3.07. The molecule has 1 atom stereocenters. The van der Waals surface area contributed by atoms with Gasteiger partial charge >= 0.3 is 0 Å². The lowest BCUT2D eigenvalue weighted by atomic mass is 10.3. The van der Waals surface area contributed by atoms with E-state index in [-0.39, 0.29) is 12.0 Å². The second kappa shape index (κ2) is 5.89. The van der Waals surface area contributed by atoms with Crippen LogP contribution in [0.4, 0.5) is 0 Å². The molecule has 0 aromatic rings. The van der Waals surface area contributed by atoms with Crippen molar-refractivity contribution >= 4 is 17.7 Å². The predicted molar refractivity (Wildman–Crippen MR) is 65.8 cm³/mol. The molecule has 2 aliphatic rings. The average Bonchev–Trinajstić information content (AvgIpc) is 2.30. The van der Waals surface area contributed by atoms with Gasteiger partial charge in [-0.25, -0.2) is 0 Å². The molecule has 0 radical (unpaired) electrons. The van der Waals surface area contributed by atoms with E-state index < -0.39 is 0 Å². The van der Waals surface area contributed by atoms with Gasteiger partial charge in [-0.3, -0.25) is 9.69 Å². The van der Waals surface area contributed by atoms with E-state index in [2.05, 4.69) is 4.90 Å². The lowest BCUT2D eigenvalue weighted by Gasteiger charge is -2.33. The van der Waals surface area contributed by atoms with Crippen molar-refractivity contribution in [3.05, 3.63) is 0 Å².